The summed E-state index contributed by atoms with van der Waals surface area (Å²) in [5, 5.41) is 0.986. The monoisotopic (exact) mass is 267 g/mol. The molecule has 0 saturated carbocycles. The minimum atomic E-state index is 0.0105. The Morgan fingerprint density at radius 2 is 2.00 bits per heavy atom. The first-order valence-corrected chi connectivity index (χ1v) is 6.30. The molecule has 0 atom stereocenters. The summed E-state index contributed by atoms with van der Waals surface area (Å²) in [5.74, 6) is 0.775. The molecule has 5 nitrogen and oxygen atoms in total. The zero-order valence-electron chi connectivity index (χ0n) is 10.8. The molecule has 5 heteroatoms. The van der Waals surface area contributed by atoms with E-state index in [0.29, 0.717) is 13.2 Å². The van der Waals surface area contributed by atoms with Crippen LogP contribution in [0.2, 0.25) is 0 Å². The minimum Gasteiger partial charge on any atom is -0.492 e. The highest BCUT2D eigenvalue weighted by Gasteiger charge is 1.98. The van der Waals surface area contributed by atoms with Crippen molar-refractivity contribution in [2.45, 2.75) is 6.54 Å². The van der Waals surface area contributed by atoms with Gasteiger partial charge in [0.1, 0.15) is 18.7 Å². The van der Waals surface area contributed by atoms with Crippen LogP contribution in [0.15, 0.2) is 60.0 Å². The molecule has 0 bridgehead atoms. The van der Waals surface area contributed by atoms with Crippen molar-refractivity contribution < 1.29 is 4.74 Å². The number of hydrogen-bond acceptors (Lipinski definition) is 4. The lowest BCUT2D eigenvalue weighted by atomic mass is 10.2. The van der Waals surface area contributed by atoms with Crippen LogP contribution in [0, 0.1) is 0 Å². The molecule has 20 heavy (non-hydrogen) atoms. The lowest BCUT2D eigenvalue weighted by Crippen LogP contribution is -2.10. The van der Waals surface area contributed by atoms with Gasteiger partial charge in [-0.05, 0) is 12.1 Å². The summed E-state index contributed by atoms with van der Waals surface area (Å²) >= 11 is 0. The quantitative estimate of drug-likeness (QED) is 0.724. The van der Waals surface area contributed by atoms with E-state index in [9.17, 15) is 4.79 Å². The smallest absolute Gasteiger partial charge is 0.181 e. The van der Waals surface area contributed by atoms with Crippen LogP contribution in [0.5, 0.6) is 5.75 Å². The first kappa shape index (κ1) is 12.3. The topological polar surface area (TPSA) is 57.0 Å². The van der Waals surface area contributed by atoms with E-state index in [1.54, 1.807) is 18.6 Å². The van der Waals surface area contributed by atoms with E-state index < -0.39 is 0 Å². The van der Waals surface area contributed by atoms with Gasteiger partial charge in [0.05, 0.1) is 12.1 Å². The van der Waals surface area contributed by atoms with Crippen LogP contribution in [0.1, 0.15) is 0 Å². The van der Waals surface area contributed by atoms with Gasteiger partial charge in [-0.1, -0.05) is 0 Å². The van der Waals surface area contributed by atoms with Crippen molar-refractivity contribution in [1.29, 1.82) is 0 Å². The largest absolute Gasteiger partial charge is 0.492 e. The first-order valence-electron chi connectivity index (χ1n) is 6.30. The Kier molecular flexibility index (Phi) is 3.41. The van der Waals surface area contributed by atoms with Gasteiger partial charge in [0, 0.05) is 42.2 Å². The molecule has 100 valence electrons. The van der Waals surface area contributed by atoms with Crippen molar-refractivity contribution in [3.63, 3.8) is 0 Å². The molecule has 0 aliphatic carbocycles. The average Bonchev–Trinajstić information content (AvgIpc) is 2.49. The van der Waals surface area contributed by atoms with E-state index in [-0.39, 0.29) is 5.43 Å². The summed E-state index contributed by atoms with van der Waals surface area (Å²) in [4.78, 5) is 19.1. The van der Waals surface area contributed by atoms with Crippen LogP contribution in [0.25, 0.3) is 10.9 Å². The number of hydrogen-bond donors (Lipinski definition) is 0. The molecule has 0 spiro atoms. The van der Waals surface area contributed by atoms with Crippen LogP contribution in [-0.4, -0.2) is 21.1 Å². The highest BCUT2D eigenvalue weighted by molar-refractivity contribution is 5.78. The standard InChI is InChI=1S/C15H13N3O2/c19-13-3-5-18(6-4-13)7-8-20-14-2-1-12-10-16-11-17-15(12)9-14/h1-6,9-11H,7-8H2. The Bertz CT molecular complexity index is 763. The van der Waals surface area contributed by atoms with Crippen LogP contribution in [0.4, 0.5) is 0 Å². The molecular formula is C15H13N3O2. The Hall–Kier alpha value is -2.69. The van der Waals surface area contributed by atoms with E-state index in [1.807, 2.05) is 22.8 Å². The fourth-order valence-electron chi connectivity index (χ4n) is 1.91. The van der Waals surface area contributed by atoms with Crippen molar-refractivity contribution in [3.8, 4) is 5.75 Å². The van der Waals surface area contributed by atoms with Gasteiger partial charge < -0.3 is 9.30 Å². The summed E-state index contributed by atoms with van der Waals surface area (Å²) in [6.45, 7) is 1.21. The number of rotatable bonds is 4. The average molecular weight is 267 g/mol. The van der Waals surface area contributed by atoms with Crippen molar-refractivity contribution in [3.05, 3.63) is 65.5 Å². The third-order valence-corrected chi connectivity index (χ3v) is 2.96. The van der Waals surface area contributed by atoms with Gasteiger partial charge in [0.15, 0.2) is 5.43 Å². The lowest BCUT2D eigenvalue weighted by molar-refractivity contribution is 0.298. The number of pyridine rings is 1. The van der Waals surface area contributed by atoms with Gasteiger partial charge >= 0.3 is 0 Å². The summed E-state index contributed by atoms with van der Waals surface area (Å²) in [7, 11) is 0. The maximum Gasteiger partial charge on any atom is 0.181 e. The van der Waals surface area contributed by atoms with Gasteiger partial charge in [-0.15, -0.1) is 0 Å². The molecule has 0 aliphatic rings. The molecule has 1 aromatic carbocycles. The second-order valence-electron chi connectivity index (χ2n) is 4.36. The van der Waals surface area contributed by atoms with Gasteiger partial charge in [0.2, 0.25) is 0 Å². The normalized spacial score (nSPS) is 10.6. The summed E-state index contributed by atoms with van der Waals surface area (Å²) < 4.78 is 7.60. The third-order valence-electron chi connectivity index (χ3n) is 2.96. The Labute approximate surface area is 115 Å². The Balaban J connectivity index is 1.64. The maximum absolute atomic E-state index is 11.0. The zero-order valence-corrected chi connectivity index (χ0v) is 10.8. The molecule has 3 rings (SSSR count). The molecular weight excluding hydrogens is 254 g/mol. The predicted octanol–water partition coefficient (Wildman–Crippen LogP) is 1.87. The van der Waals surface area contributed by atoms with Crippen LogP contribution < -0.4 is 10.2 Å². The second kappa shape index (κ2) is 5.52. The van der Waals surface area contributed by atoms with Gasteiger partial charge in [-0.2, -0.15) is 0 Å². The molecule has 0 N–H and O–H groups in total. The fourth-order valence-corrected chi connectivity index (χ4v) is 1.91. The molecule has 2 heterocycles. The molecule has 0 aliphatic heterocycles. The Morgan fingerprint density at radius 1 is 1.15 bits per heavy atom. The highest BCUT2D eigenvalue weighted by atomic mass is 16.5. The molecule has 0 fully saturated rings. The molecule has 2 aromatic heterocycles. The van der Waals surface area contributed by atoms with E-state index in [0.717, 1.165) is 16.7 Å². The van der Waals surface area contributed by atoms with Crippen molar-refractivity contribution in [2.75, 3.05) is 6.61 Å². The summed E-state index contributed by atoms with van der Waals surface area (Å²) in [6, 6.07) is 8.80. The molecule has 0 unspecified atom stereocenters. The van der Waals surface area contributed by atoms with Gasteiger partial charge in [-0.25, -0.2) is 9.97 Å². The van der Waals surface area contributed by atoms with E-state index >= 15 is 0 Å². The van der Waals surface area contributed by atoms with Crippen molar-refractivity contribution in [1.82, 2.24) is 14.5 Å². The molecule has 0 saturated heterocycles. The van der Waals surface area contributed by atoms with Crippen LogP contribution in [0.3, 0.4) is 0 Å². The van der Waals surface area contributed by atoms with Crippen LogP contribution >= 0.6 is 0 Å². The Morgan fingerprint density at radius 3 is 2.85 bits per heavy atom. The third kappa shape index (κ3) is 2.83. The molecule has 0 amide bonds. The van der Waals surface area contributed by atoms with Crippen molar-refractivity contribution in [2.24, 2.45) is 0 Å². The molecule has 3 aromatic rings. The number of aromatic nitrogens is 3. The lowest BCUT2D eigenvalue weighted by Gasteiger charge is -2.08. The number of nitrogens with zero attached hydrogens (tertiary/aromatic N) is 3. The first-order chi connectivity index (χ1) is 9.81. The van der Waals surface area contributed by atoms with Crippen molar-refractivity contribution >= 4 is 10.9 Å². The van der Waals surface area contributed by atoms with E-state index in [1.165, 1.54) is 18.5 Å². The predicted molar refractivity (Wildman–Crippen MR) is 75.7 cm³/mol. The second-order valence-corrected chi connectivity index (χ2v) is 4.36. The number of ether oxygens (including phenoxy) is 1. The van der Waals surface area contributed by atoms with E-state index in [2.05, 4.69) is 9.97 Å². The SMILES string of the molecule is O=c1ccn(CCOc2ccc3cncnc3c2)cc1. The number of fused-ring (bicyclic) bond motifs is 1. The number of benzene rings is 1. The van der Waals surface area contributed by atoms with E-state index in [4.69, 9.17) is 4.74 Å². The highest BCUT2D eigenvalue weighted by Crippen LogP contribution is 2.17. The van der Waals surface area contributed by atoms with Crippen LogP contribution in [-0.2, 0) is 6.54 Å². The van der Waals surface area contributed by atoms with Gasteiger partial charge in [-0.3, -0.25) is 4.79 Å². The maximum atomic E-state index is 11.0. The summed E-state index contributed by atoms with van der Waals surface area (Å²) in [6.07, 6.45) is 6.79. The molecule has 0 radical (unpaired) electrons. The van der Waals surface area contributed by atoms with Gasteiger partial charge in [0.25, 0.3) is 0 Å². The zero-order chi connectivity index (χ0) is 13.8. The minimum absolute atomic E-state index is 0.0105. The fraction of sp³-hybridized carbons (Fsp3) is 0.133. The summed E-state index contributed by atoms with van der Waals surface area (Å²) in [5.41, 5.74) is 0.872.